The van der Waals surface area contributed by atoms with Crippen LogP contribution < -0.4 is 5.73 Å². The third kappa shape index (κ3) is 3.15. The molecule has 10 unspecified atom stereocenters. The van der Waals surface area contributed by atoms with Crippen LogP contribution >= 0.6 is 0 Å². The Kier molecular flexibility index (Phi) is 5.07. The average molecular weight is 408 g/mol. The van der Waals surface area contributed by atoms with Crippen LogP contribution in [0.25, 0.3) is 0 Å². The molecule has 4 nitrogen and oxygen atoms in total. The molecule has 0 aromatic carbocycles. The molecule has 0 spiro atoms. The summed E-state index contributed by atoms with van der Waals surface area (Å²) in [5.74, 6) is 7.40. The second-order valence-corrected chi connectivity index (χ2v) is 11.5. The Balaban J connectivity index is 1.31. The zero-order chi connectivity index (χ0) is 21.0. The Bertz CT molecular complexity index is 810. The summed E-state index contributed by atoms with van der Waals surface area (Å²) in [5, 5.41) is 8.73. The van der Waals surface area contributed by atoms with Gasteiger partial charge in [0.15, 0.2) is 5.78 Å². The van der Waals surface area contributed by atoms with Crippen LogP contribution in [0.4, 0.5) is 0 Å². The lowest BCUT2D eigenvalue weighted by Gasteiger charge is -2.57. The van der Waals surface area contributed by atoms with Crippen LogP contribution in [0.15, 0.2) is 16.8 Å². The highest BCUT2D eigenvalue weighted by Gasteiger charge is 2.70. The van der Waals surface area contributed by atoms with Gasteiger partial charge in [0.25, 0.3) is 0 Å². The SMILES string of the molecule is CC1CCC2C(CCC3C2CCC2(C)C(C(=O)CN=CC=C(N)C#N)C4CC4C32)C1. The summed E-state index contributed by atoms with van der Waals surface area (Å²) >= 11 is 0. The van der Waals surface area contributed by atoms with Gasteiger partial charge >= 0.3 is 0 Å². The van der Waals surface area contributed by atoms with Gasteiger partial charge in [0, 0.05) is 12.1 Å². The number of nitrogens with zero attached hydrogens (tertiary/aromatic N) is 2. The molecule has 5 saturated carbocycles. The molecule has 2 N–H and O–H groups in total. The number of carbonyl (C=O) groups excluding carboxylic acids is 1. The Morgan fingerprint density at radius 1 is 1.10 bits per heavy atom. The summed E-state index contributed by atoms with van der Waals surface area (Å²) in [4.78, 5) is 17.5. The number of aliphatic imine (C=N–C) groups is 1. The van der Waals surface area contributed by atoms with Crippen LogP contribution in [0.3, 0.4) is 0 Å². The molecule has 0 amide bonds. The van der Waals surface area contributed by atoms with E-state index in [1.54, 1.807) is 0 Å². The standard InChI is InChI=1S/C26H37N3O/c1-15-3-5-18-16(11-15)4-6-20-19(18)7-9-26(2)24(20)21-12-22(21)25(26)23(30)14-29-10-8-17(28)13-27/h8,10,15-16,18-22,24-25H,3-7,9,11-12,14,28H2,1-2H3. The molecule has 0 saturated heterocycles. The maximum Gasteiger partial charge on any atom is 0.158 e. The first-order chi connectivity index (χ1) is 14.4. The normalized spacial score (nSPS) is 49.5. The summed E-state index contributed by atoms with van der Waals surface area (Å²) in [5.41, 5.74) is 5.81. The third-order valence-corrected chi connectivity index (χ3v) is 10.1. The van der Waals surface area contributed by atoms with Gasteiger partial charge in [-0.2, -0.15) is 5.26 Å². The van der Waals surface area contributed by atoms with Crippen LogP contribution in [0.1, 0.15) is 65.2 Å². The fourth-order valence-corrected chi connectivity index (χ4v) is 9.07. The zero-order valence-electron chi connectivity index (χ0n) is 18.6. The zero-order valence-corrected chi connectivity index (χ0v) is 18.6. The van der Waals surface area contributed by atoms with E-state index < -0.39 is 0 Å². The summed E-state index contributed by atoms with van der Waals surface area (Å²) in [6, 6.07) is 1.88. The highest BCUT2D eigenvalue weighted by atomic mass is 16.1. The molecular weight excluding hydrogens is 370 g/mol. The van der Waals surface area contributed by atoms with Crippen molar-refractivity contribution in [2.45, 2.75) is 65.2 Å². The summed E-state index contributed by atoms with van der Waals surface area (Å²) < 4.78 is 0. The van der Waals surface area contributed by atoms with Gasteiger partial charge in [-0.1, -0.05) is 20.3 Å². The van der Waals surface area contributed by atoms with E-state index in [-0.39, 0.29) is 23.6 Å². The van der Waals surface area contributed by atoms with Crippen LogP contribution in [0.2, 0.25) is 0 Å². The lowest BCUT2D eigenvalue weighted by atomic mass is 9.48. The van der Waals surface area contributed by atoms with Crippen molar-refractivity contribution in [3.05, 3.63) is 11.8 Å². The van der Waals surface area contributed by atoms with Crippen molar-refractivity contribution < 1.29 is 4.79 Å². The molecule has 0 aromatic rings. The van der Waals surface area contributed by atoms with Crippen molar-refractivity contribution in [1.29, 1.82) is 5.26 Å². The monoisotopic (exact) mass is 407 g/mol. The molecule has 10 atom stereocenters. The summed E-state index contributed by atoms with van der Waals surface area (Å²) in [7, 11) is 0. The van der Waals surface area contributed by atoms with E-state index in [9.17, 15) is 4.79 Å². The largest absolute Gasteiger partial charge is 0.390 e. The van der Waals surface area contributed by atoms with E-state index >= 15 is 0 Å². The summed E-state index contributed by atoms with van der Waals surface area (Å²) in [6.45, 7) is 5.15. The number of hydrogen-bond donors (Lipinski definition) is 1. The number of Topliss-reactive ketones (excluding diaryl/α,β-unsaturated/α-hetero) is 1. The number of ketones is 1. The maximum absolute atomic E-state index is 13.3. The van der Waals surface area contributed by atoms with Gasteiger partial charge in [0.1, 0.15) is 11.8 Å². The van der Waals surface area contributed by atoms with E-state index in [1.165, 1.54) is 63.7 Å². The maximum atomic E-state index is 13.3. The molecule has 162 valence electrons. The average Bonchev–Trinajstić information content (AvgIpc) is 3.44. The fraction of sp³-hybridized carbons (Fsp3) is 0.808. The number of nitrogens with two attached hydrogens (primary N) is 1. The minimum absolute atomic E-state index is 0.132. The van der Waals surface area contributed by atoms with Gasteiger partial charge < -0.3 is 5.73 Å². The Morgan fingerprint density at radius 2 is 1.90 bits per heavy atom. The van der Waals surface area contributed by atoms with E-state index in [1.807, 2.05) is 6.07 Å². The minimum Gasteiger partial charge on any atom is -0.390 e. The Morgan fingerprint density at radius 3 is 2.70 bits per heavy atom. The smallest absolute Gasteiger partial charge is 0.158 e. The van der Waals surface area contributed by atoms with Crippen molar-refractivity contribution in [2.75, 3.05) is 6.54 Å². The molecule has 0 aromatic heterocycles. The van der Waals surface area contributed by atoms with Crippen molar-refractivity contribution in [1.82, 2.24) is 0 Å². The highest BCUT2D eigenvalue weighted by molar-refractivity contribution is 5.87. The lowest BCUT2D eigenvalue weighted by molar-refractivity contribution is -0.132. The molecule has 5 aliphatic rings. The summed E-state index contributed by atoms with van der Waals surface area (Å²) in [6.07, 6.45) is 14.1. The predicted molar refractivity (Wildman–Crippen MR) is 118 cm³/mol. The van der Waals surface area contributed by atoms with E-state index in [0.717, 1.165) is 41.4 Å². The molecule has 4 heteroatoms. The van der Waals surface area contributed by atoms with Crippen LogP contribution in [-0.4, -0.2) is 18.5 Å². The van der Waals surface area contributed by atoms with E-state index in [0.29, 0.717) is 11.7 Å². The van der Waals surface area contributed by atoms with E-state index in [4.69, 9.17) is 11.0 Å². The van der Waals surface area contributed by atoms with Gasteiger partial charge in [-0.25, -0.2) is 0 Å². The molecule has 30 heavy (non-hydrogen) atoms. The van der Waals surface area contributed by atoms with Crippen molar-refractivity contribution in [3.8, 4) is 6.07 Å². The van der Waals surface area contributed by atoms with Crippen molar-refractivity contribution >= 4 is 12.0 Å². The Hall–Kier alpha value is -1.63. The number of carbonyl (C=O) groups is 1. The van der Waals surface area contributed by atoms with Crippen LogP contribution in [0, 0.1) is 70.0 Å². The number of fused-ring (bicyclic) bond motifs is 7. The van der Waals surface area contributed by atoms with Crippen molar-refractivity contribution in [3.63, 3.8) is 0 Å². The molecule has 5 aliphatic carbocycles. The van der Waals surface area contributed by atoms with Gasteiger partial charge in [-0.05, 0) is 104 Å². The number of nitriles is 1. The molecule has 0 aliphatic heterocycles. The Labute approximate surface area is 181 Å². The number of rotatable bonds is 4. The van der Waals surface area contributed by atoms with Gasteiger partial charge in [-0.15, -0.1) is 0 Å². The minimum atomic E-state index is 0.132. The molecule has 5 fully saturated rings. The van der Waals surface area contributed by atoms with Crippen molar-refractivity contribution in [2.24, 2.45) is 69.4 Å². The fourth-order valence-electron chi connectivity index (χ4n) is 9.07. The molecule has 0 bridgehead atoms. The second-order valence-electron chi connectivity index (χ2n) is 11.5. The van der Waals surface area contributed by atoms with E-state index in [2.05, 4.69) is 18.8 Å². The van der Waals surface area contributed by atoms with Crippen LogP contribution in [0.5, 0.6) is 0 Å². The number of hydrogen-bond acceptors (Lipinski definition) is 4. The molecule has 5 rings (SSSR count). The first-order valence-corrected chi connectivity index (χ1v) is 12.3. The van der Waals surface area contributed by atoms with Gasteiger partial charge in [0.2, 0.25) is 0 Å². The molecule has 0 radical (unpaired) electrons. The topological polar surface area (TPSA) is 79.2 Å². The molecule has 0 heterocycles. The van der Waals surface area contributed by atoms with Crippen LogP contribution in [-0.2, 0) is 4.79 Å². The van der Waals surface area contributed by atoms with Gasteiger partial charge in [-0.3, -0.25) is 9.79 Å². The predicted octanol–water partition coefficient (Wildman–Crippen LogP) is 4.75. The lowest BCUT2D eigenvalue weighted by Crippen LogP contribution is -2.51. The van der Waals surface area contributed by atoms with Gasteiger partial charge in [0.05, 0.1) is 6.54 Å². The third-order valence-electron chi connectivity index (χ3n) is 10.1. The quantitative estimate of drug-likeness (QED) is 0.539. The second kappa shape index (κ2) is 7.50. The first-order valence-electron chi connectivity index (χ1n) is 12.3. The molecular formula is C26H37N3O. The number of allylic oxidation sites excluding steroid dienone is 2. The highest BCUT2D eigenvalue weighted by Crippen LogP contribution is 2.74. The first kappa shape index (κ1) is 20.3.